The first-order chi connectivity index (χ1) is 7.90. The molecular weight excluding hydrogens is 200 g/mol. The van der Waals surface area contributed by atoms with Crippen molar-refractivity contribution in [2.24, 2.45) is 0 Å². The summed E-state index contributed by atoms with van der Waals surface area (Å²) in [5, 5.41) is 4.45. The molecule has 0 unspecified atom stereocenters. The molecule has 3 heteroatoms. The number of ether oxygens (including phenoxy) is 1. The van der Waals surface area contributed by atoms with E-state index in [0.717, 1.165) is 18.5 Å². The molecule has 0 spiro atoms. The highest BCUT2D eigenvalue weighted by molar-refractivity contribution is 5.93. The smallest absolute Gasteiger partial charge is 0.0755 e. The Bertz CT molecular complexity index is 537. The van der Waals surface area contributed by atoms with E-state index < -0.39 is 0 Å². The number of hydrogen-bond acceptors (Lipinski definition) is 3. The van der Waals surface area contributed by atoms with Crippen LogP contribution in [0.1, 0.15) is 11.3 Å². The number of hydrogen-bond donors (Lipinski definition) is 1. The number of pyridine rings is 1. The van der Waals surface area contributed by atoms with E-state index in [1.54, 1.807) is 0 Å². The maximum atomic E-state index is 5.51. The van der Waals surface area contributed by atoms with Crippen molar-refractivity contribution in [1.82, 2.24) is 4.98 Å². The third kappa shape index (κ3) is 1.36. The zero-order valence-corrected chi connectivity index (χ0v) is 9.29. The summed E-state index contributed by atoms with van der Waals surface area (Å²) < 4.78 is 5.51. The summed E-state index contributed by atoms with van der Waals surface area (Å²) in [4.78, 5) is 4.70. The lowest BCUT2D eigenvalue weighted by molar-refractivity contribution is 0.110. The summed E-state index contributed by atoms with van der Waals surface area (Å²) in [6, 6.07) is 8.23. The fourth-order valence-electron chi connectivity index (χ4n) is 2.29. The number of rotatable bonds is 1. The van der Waals surface area contributed by atoms with Crippen molar-refractivity contribution in [3.63, 3.8) is 0 Å². The molecule has 0 aliphatic carbocycles. The Morgan fingerprint density at radius 2 is 2.19 bits per heavy atom. The van der Waals surface area contributed by atoms with E-state index >= 15 is 0 Å². The van der Waals surface area contributed by atoms with Crippen molar-refractivity contribution in [1.29, 1.82) is 0 Å². The lowest BCUT2D eigenvalue weighted by Gasteiger charge is -2.20. The summed E-state index contributed by atoms with van der Waals surface area (Å²) in [7, 11) is 1.96. The summed E-state index contributed by atoms with van der Waals surface area (Å²) >= 11 is 0. The lowest BCUT2D eigenvalue weighted by atomic mass is 10.0. The number of para-hydroxylation sites is 1. The van der Waals surface area contributed by atoms with Gasteiger partial charge in [0.15, 0.2) is 0 Å². The molecule has 82 valence electrons. The van der Waals surface area contributed by atoms with Crippen LogP contribution in [-0.2, 0) is 17.8 Å². The maximum Gasteiger partial charge on any atom is 0.0755 e. The van der Waals surface area contributed by atoms with Crippen LogP contribution in [0.15, 0.2) is 24.3 Å². The van der Waals surface area contributed by atoms with Crippen LogP contribution in [0.4, 0.5) is 5.69 Å². The largest absolute Gasteiger partial charge is 0.387 e. The molecule has 1 aliphatic rings. The van der Waals surface area contributed by atoms with E-state index in [9.17, 15) is 0 Å². The fraction of sp³-hybridized carbons (Fsp3) is 0.308. The molecule has 1 aromatic heterocycles. The van der Waals surface area contributed by atoms with Gasteiger partial charge in [0.25, 0.3) is 0 Å². The molecule has 16 heavy (non-hydrogen) atoms. The highest BCUT2D eigenvalue weighted by Gasteiger charge is 2.17. The number of nitrogens with zero attached hydrogens (tertiary/aromatic N) is 1. The first-order valence-electron chi connectivity index (χ1n) is 5.56. The van der Waals surface area contributed by atoms with Gasteiger partial charge in [-0.25, -0.2) is 0 Å². The monoisotopic (exact) mass is 214 g/mol. The number of aromatic nitrogens is 1. The van der Waals surface area contributed by atoms with Crippen molar-refractivity contribution < 1.29 is 4.74 Å². The quantitative estimate of drug-likeness (QED) is 0.791. The Kier molecular flexibility index (Phi) is 2.26. The molecule has 0 bridgehead atoms. The SMILES string of the molecule is CNc1c2c(nc3ccccc13)CCOC2. The zero-order valence-electron chi connectivity index (χ0n) is 9.29. The Hall–Kier alpha value is -1.61. The molecule has 0 atom stereocenters. The molecule has 2 heterocycles. The van der Waals surface area contributed by atoms with Crippen LogP contribution in [0.3, 0.4) is 0 Å². The van der Waals surface area contributed by atoms with Gasteiger partial charge in [0.2, 0.25) is 0 Å². The maximum absolute atomic E-state index is 5.51. The average Bonchev–Trinajstić information content (AvgIpc) is 2.36. The molecule has 2 aromatic rings. The van der Waals surface area contributed by atoms with Gasteiger partial charge in [-0.15, -0.1) is 0 Å². The normalized spacial score (nSPS) is 14.8. The highest BCUT2D eigenvalue weighted by Crippen LogP contribution is 2.30. The Morgan fingerprint density at radius 3 is 3.06 bits per heavy atom. The third-order valence-corrected chi connectivity index (χ3v) is 3.06. The second-order valence-corrected chi connectivity index (χ2v) is 3.98. The van der Waals surface area contributed by atoms with E-state index in [1.165, 1.54) is 22.3 Å². The van der Waals surface area contributed by atoms with Gasteiger partial charge < -0.3 is 10.1 Å². The summed E-state index contributed by atoms with van der Waals surface area (Å²) in [5.41, 5.74) is 4.62. The lowest BCUT2D eigenvalue weighted by Crippen LogP contribution is -2.14. The van der Waals surface area contributed by atoms with E-state index in [2.05, 4.69) is 17.4 Å². The Balaban J connectivity index is 2.35. The Labute approximate surface area is 94.5 Å². The molecule has 3 nitrogen and oxygen atoms in total. The second kappa shape index (κ2) is 3.76. The molecule has 3 rings (SSSR count). The highest BCUT2D eigenvalue weighted by atomic mass is 16.5. The predicted octanol–water partition coefficient (Wildman–Crippen LogP) is 2.35. The molecule has 0 amide bonds. The Morgan fingerprint density at radius 1 is 1.31 bits per heavy atom. The third-order valence-electron chi connectivity index (χ3n) is 3.06. The van der Waals surface area contributed by atoms with Gasteiger partial charge in [-0.2, -0.15) is 0 Å². The van der Waals surface area contributed by atoms with Crippen LogP contribution in [0.25, 0.3) is 10.9 Å². The van der Waals surface area contributed by atoms with Crippen LogP contribution < -0.4 is 5.32 Å². The summed E-state index contributed by atoms with van der Waals surface area (Å²) in [5.74, 6) is 0. The minimum atomic E-state index is 0.670. The first-order valence-corrected chi connectivity index (χ1v) is 5.56. The van der Waals surface area contributed by atoms with E-state index in [-0.39, 0.29) is 0 Å². The number of benzene rings is 1. The molecule has 0 fully saturated rings. The van der Waals surface area contributed by atoms with Gasteiger partial charge in [0, 0.05) is 24.4 Å². The van der Waals surface area contributed by atoms with Crippen LogP contribution in [-0.4, -0.2) is 18.6 Å². The van der Waals surface area contributed by atoms with Crippen LogP contribution >= 0.6 is 0 Å². The minimum Gasteiger partial charge on any atom is -0.387 e. The van der Waals surface area contributed by atoms with Crippen molar-refractivity contribution in [3.05, 3.63) is 35.5 Å². The topological polar surface area (TPSA) is 34.2 Å². The summed E-state index contributed by atoms with van der Waals surface area (Å²) in [6.45, 7) is 1.45. The van der Waals surface area contributed by atoms with Gasteiger partial charge in [-0.05, 0) is 6.07 Å². The number of nitrogens with one attached hydrogen (secondary N) is 1. The standard InChI is InChI=1S/C13H14N2O/c1-14-13-9-4-2-3-5-11(9)15-12-6-7-16-8-10(12)13/h2-5H,6-8H2,1H3,(H,14,15). The number of anilines is 1. The van der Waals surface area contributed by atoms with Gasteiger partial charge in [0.1, 0.15) is 0 Å². The van der Waals surface area contributed by atoms with Gasteiger partial charge in [0.05, 0.1) is 30.1 Å². The van der Waals surface area contributed by atoms with Crippen molar-refractivity contribution in [3.8, 4) is 0 Å². The molecule has 1 aliphatic heterocycles. The minimum absolute atomic E-state index is 0.670. The number of fused-ring (bicyclic) bond motifs is 2. The fourth-order valence-corrected chi connectivity index (χ4v) is 2.29. The second-order valence-electron chi connectivity index (χ2n) is 3.98. The average molecular weight is 214 g/mol. The van der Waals surface area contributed by atoms with Gasteiger partial charge in [-0.3, -0.25) is 4.98 Å². The van der Waals surface area contributed by atoms with E-state index in [0.29, 0.717) is 6.61 Å². The molecule has 0 radical (unpaired) electrons. The van der Waals surface area contributed by atoms with Crippen LogP contribution in [0, 0.1) is 0 Å². The predicted molar refractivity (Wildman–Crippen MR) is 64.6 cm³/mol. The van der Waals surface area contributed by atoms with Crippen molar-refractivity contribution in [2.75, 3.05) is 19.0 Å². The van der Waals surface area contributed by atoms with Crippen LogP contribution in [0.5, 0.6) is 0 Å². The van der Waals surface area contributed by atoms with E-state index in [1.807, 2.05) is 19.2 Å². The van der Waals surface area contributed by atoms with Crippen molar-refractivity contribution >= 4 is 16.6 Å². The molecule has 1 aromatic carbocycles. The summed E-state index contributed by atoms with van der Waals surface area (Å²) in [6.07, 6.45) is 0.912. The van der Waals surface area contributed by atoms with E-state index in [4.69, 9.17) is 9.72 Å². The van der Waals surface area contributed by atoms with Crippen molar-refractivity contribution in [2.45, 2.75) is 13.0 Å². The van der Waals surface area contributed by atoms with Gasteiger partial charge >= 0.3 is 0 Å². The molecule has 1 N–H and O–H groups in total. The van der Waals surface area contributed by atoms with Crippen LogP contribution in [0.2, 0.25) is 0 Å². The molecular formula is C13H14N2O. The first kappa shape index (κ1) is 9.60. The molecule has 0 saturated heterocycles. The zero-order chi connectivity index (χ0) is 11.0. The van der Waals surface area contributed by atoms with Gasteiger partial charge in [-0.1, -0.05) is 18.2 Å². The molecule has 0 saturated carbocycles.